The van der Waals surface area contributed by atoms with E-state index in [4.69, 9.17) is 5.11 Å². The summed E-state index contributed by atoms with van der Waals surface area (Å²) in [5, 5.41) is 20.1. The van der Waals surface area contributed by atoms with Gasteiger partial charge in [-0.3, -0.25) is 0 Å². The first kappa shape index (κ1) is 12.5. The molecule has 0 aliphatic carbocycles. The van der Waals surface area contributed by atoms with Gasteiger partial charge in [0.05, 0.1) is 13.2 Å². The highest BCUT2D eigenvalue weighted by Crippen LogP contribution is 2.16. The van der Waals surface area contributed by atoms with E-state index in [1.54, 1.807) is 4.68 Å². The molecule has 0 aliphatic rings. The zero-order valence-electron chi connectivity index (χ0n) is 10.8. The molecule has 102 valence electrons. The monoisotopic (exact) mass is 270 g/mol. The fourth-order valence-electron chi connectivity index (χ4n) is 1.96. The molecule has 0 fully saturated rings. The molecule has 7 nitrogen and oxygen atoms in total. The zero-order valence-corrected chi connectivity index (χ0v) is 10.8. The fourth-order valence-corrected chi connectivity index (χ4v) is 1.96. The molecule has 0 saturated heterocycles. The van der Waals surface area contributed by atoms with Crippen LogP contribution in [-0.4, -0.2) is 43.2 Å². The Morgan fingerprint density at radius 1 is 1.15 bits per heavy atom. The van der Waals surface area contributed by atoms with Gasteiger partial charge in [0.2, 0.25) is 0 Å². The van der Waals surface area contributed by atoms with Gasteiger partial charge in [-0.2, -0.15) is 0 Å². The molecule has 0 saturated carbocycles. The highest BCUT2D eigenvalue weighted by atomic mass is 16.3. The smallest absolute Gasteiger partial charge is 0.184 e. The average molecular weight is 270 g/mol. The van der Waals surface area contributed by atoms with Crippen LogP contribution in [0.4, 0.5) is 5.82 Å². The molecule has 0 spiro atoms. The first-order valence-corrected chi connectivity index (χ1v) is 6.31. The van der Waals surface area contributed by atoms with Crippen LogP contribution in [0.1, 0.15) is 5.56 Å². The summed E-state index contributed by atoms with van der Waals surface area (Å²) in [6, 6.07) is 10.00. The number of aliphatic hydroxyl groups excluding tert-OH is 1. The van der Waals surface area contributed by atoms with Crippen molar-refractivity contribution >= 4 is 17.0 Å². The van der Waals surface area contributed by atoms with Crippen LogP contribution in [0.15, 0.2) is 36.7 Å². The van der Waals surface area contributed by atoms with Crippen molar-refractivity contribution in [1.82, 2.24) is 25.0 Å². The minimum atomic E-state index is 0.0314. The molecule has 0 unspecified atom stereocenters. The summed E-state index contributed by atoms with van der Waals surface area (Å²) in [7, 11) is 0. The first-order chi connectivity index (χ1) is 9.88. The second kappa shape index (κ2) is 5.62. The van der Waals surface area contributed by atoms with Crippen molar-refractivity contribution in [3.8, 4) is 0 Å². The van der Waals surface area contributed by atoms with Gasteiger partial charge in [-0.1, -0.05) is 35.5 Å². The van der Waals surface area contributed by atoms with E-state index in [9.17, 15) is 0 Å². The Morgan fingerprint density at radius 3 is 2.80 bits per heavy atom. The Hall–Kier alpha value is -2.54. The number of nitrogens with one attached hydrogen (secondary N) is 1. The number of rotatable bonds is 5. The third kappa shape index (κ3) is 2.43. The topological polar surface area (TPSA) is 88.8 Å². The quantitative estimate of drug-likeness (QED) is 0.708. The number of benzene rings is 1. The number of aromatic nitrogens is 5. The predicted octanol–water partition coefficient (Wildman–Crippen LogP) is 0.674. The summed E-state index contributed by atoms with van der Waals surface area (Å²) in [5.74, 6) is 0.586. The van der Waals surface area contributed by atoms with Gasteiger partial charge in [0, 0.05) is 6.54 Å². The Kier molecular flexibility index (Phi) is 3.51. The van der Waals surface area contributed by atoms with E-state index >= 15 is 0 Å². The van der Waals surface area contributed by atoms with Crippen LogP contribution in [0.25, 0.3) is 11.2 Å². The molecule has 3 aromatic rings. The Morgan fingerprint density at radius 2 is 2.00 bits per heavy atom. The lowest BCUT2D eigenvalue weighted by atomic mass is 10.2. The van der Waals surface area contributed by atoms with Crippen molar-refractivity contribution in [3.05, 3.63) is 42.2 Å². The molecular weight excluding hydrogens is 256 g/mol. The van der Waals surface area contributed by atoms with Crippen LogP contribution in [0.5, 0.6) is 0 Å². The number of fused-ring (bicyclic) bond motifs is 1. The minimum Gasteiger partial charge on any atom is -0.395 e. The maximum Gasteiger partial charge on any atom is 0.184 e. The van der Waals surface area contributed by atoms with E-state index in [-0.39, 0.29) is 6.61 Å². The lowest BCUT2D eigenvalue weighted by Crippen LogP contribution is -2.08. The minimum absolute atomic E-state index is 0.0314. The summed E-state index contributed by atoms with van der Waals surface area (Å²) in [5.41, 5.74) is 2.41. The highest BCUT2D eigenvalue weighted by Gasteiger charge is 2.11. The van der Waals surface area contributed by atoms with Gasteiger partial charge in [0.25, 0.3) is 0 Å². The normalized spacial score (nSPS) is 10.8. The van der Waals surface area contributed by atoms with Crippen LogP contribution >= 0.6 is 0 Å². The van der Waals surface area contributed by atoms with E-state index in [0.29, 0.717) is 30.1 Å². The van der Waals surface area contributed by atoms with Crippen LogP contribution in [-0.2, 0) is 6.54 Å². The number of nitrogens with zero attached hydrogens (tertiary/aromatic N) is 5. The van der Waals surface area contributed by atoms with Gasteiger partial charge in [-0.25, -0.2) is 14.6 Å². The lowest BCUT2D eigenvalue weighted by Gasteiger charge is -2.04. The van der Waals surface area contributed by atoms with Crippen LogP contribution in [0.3, 0.4) is 0 Å². The molecule has 0 radical (unpaired) electrons. The van der Waals surface area contributed by atoms with Crippen LogP contribution < -0.4 is 5.32 Å². The standard InChI is InChI=1S/C13H14N6O/c20-7-6-14-12-11-13(16-9-15-12)19(18-17-11)8-10-4-2-1-3-5-10/h1-5,9,20H,6-8H2,(H,14,15,16). The molecule has 0 aliphatic heterocycles. The van der Waals surface area contributed by atoms with E-state index in [1.807, 2.05) is 30.3 Å². The van der Waals surface area contributed by atoms with E-state index in [0.717, 1.165) is 5.56 Å². The Balaban J connectivity index is 1.93. The highest BCUT2D eigenvalue weighted by molar-refractivity contribution is 5.81. The third-order valence-corrected chi connectivity index (χ3v) is 2.88. The third-order valence-electron chi connectivity index (χ3n) is 2.88. The zero-order chi connectivity index (χ0) is 13.8. The molecule has 2 N–H and O–H groups in total. The second-order valence-electron chi connectivity index (χ2n) is 4.28. The number of anilines is 1. The molecular formula is C13H14N6O. The summed E-state index contributed by atoms with van der Waals surface area (Å²) in [6.07, 6.45) is 1.47. The van der Waals surface area contributed by atoms with Gasteiger partial charge < -0.3 is 10.4 Å². The molecule has 2 aromatic heterocycles. The molecule has 1 aromatic carbocycles. The number of hydrogen-bond donors (Lipinski definition) is 2. The average Bonchev–Trinajstić information content (AvgIpc) is 2.90. The van der Waals surface area contributed by atoms with Crippen LogP contribution in [0.2, 0.25) is 0 Å². The number of hydrogen-bond acceptors (Lipinski definition) is 6. The molecule has 2 heterocycles. The molecule has 7 heteroatoms. The fraction of sp³-hybridized carbons (Fsp3) is 0.231. The van der Waals surface area contributed by atoms with Crippen molar-refractivity contribution < 1.29 is 5.11 Å². The van der Waals surface area contributed by atoms with Crippen molar-refractivity contribution in [2.45, 2.75) is 6.54 Å². The molecule has 20 heavy (non-hydrogen) atoms. The molecule has 3 rings (SSSR count). The molecule has 0 atom stereocenters. The van der Waals surface area contributed by atoms with E-state index < -0.39 is 0 Å². The summed E-state index contributed by atoms with van der Waals surface area (Å²) in [6.45, 7) is 1.05. The predicted molar refractivity (Wildman–Crippen MR) is 74.2 cm³/mol. The Labute approximate surface area is 115 Å². The second-order valence-corrected chi connectivity index (χ2v) is 4.28. The summed E-state index contributed by atoms with van der Waals surface area (Å²) in [4.78, 5) is 8.35. The number of aliphatic hydroxyl groups is 1. The van der Waals surface area contributed by atoms with Crippen molar-refractivity contribution in [1.29, 1.82) is 0 Å². The van der Waals surface area contributed by atoms with Crippen LogP contribution in [0, 0.1) is 0 Å². The van der Waals surface area contributed by atoms with Gasteiger partial charge in [-0.05, 0) is 5.56 Å². The lowest BCUT2D eigenvalue weighted by molar-refractivity contribution is 0.311. The maximum atomic E-state index is 8.85. The summed E-state index contributed by atoms with van der Waals surface area (Å²) >= 11 is 0. The first-order valence-electron chi connectivity index (χ1n) is 6.31. The van der Waals surface area contributed by atoms with Crippen molar-refractivity contribution in [2.75, 3.05) is 18.5 Å². The SMILES string of the molecule is OCCNc1ncnc2c1nnn2Cc1ccccc1. The largest absolute Gasteiger partial charge is 0.395 e. The summed E-state index contributed by atoms with van der Waals surface area (Å²) < 4.78 is 1.73. The van der Waals surface area contributed by atoms with Gasteiger partial charge in [0.15, 0.2) is 17.0 Å². The van der Waals surface area contributed by atoms with Gasteiger partial charge in [0.1, 0.15) is 6.33 Å². The molecule has 0 amide bonds. The van der Waals surface area contributed by atoms with Gasteiger partial charge >= 0.3 is 0 Å². The van der Waals surface area contributed by atoms with Crippen molar-refractivity contribution in [2.24, 2.45) is 0 Å². The maximum absolute atomic E-state index is 8.85. The molecule has 0 bridgehead atoms. The van der Waals surface area contributed by atoms with Crippen molar-refractivity contribution in [3.63, 3.8) is 0 Å². The Bertz CT molecular complexity index is 696. The van der Waals surface area contributed by atoms with Gasteiger partial charge in [-0.15, -0.1) is 5.10 Å². The van der Waals surface area contributed by atoms with E-state index in [1.165, 1.54) is 6.33 Å². The van der Waals surface area contributed by atoms with E-state index in [2.05, 4.69) is 25.6 Å².